The molecule has 0 aromatic rings. The van der Waals surface area contributed by atoms with Gasteiger partial charge < -0.3 is 14.7 Å². The minimum atomic E-state index is -0.742. The molecule has 1 N–H and O–H groups in total. The Hall–Kier alpha value is -0.610. The predicted molar refractivity (Wildman–Crippen MR) is 57.8 cm³/mol. The maximum atomic E-state index is 10.9. The summed E-state index contributed by atoms with van der Waals surface area (Å²) >= 11 is 0. The summed E-state index contributed by atoms with van der Waals surface area (Å²) in [6, 6.07) is 0.0428. The van der Waals surface area contributed by atoms with E-state index in [1.807, 2.05) is 7.05 Å². The first-order chi connectivity index (χ1) is 7.02. The van der Waals surface area contributed by atoms with E-state index in [0.29, 0.717) is 19.1 Å². The molecular weight excluding hydrogens is 194 g/mol. The minimum absolute atomic E-state index is 0.0428. The predicted octanol–water partition coefficient (Wildman–Crippen LogP) is 1.06. The van der Waals surface area contributed by atoms with Crippen molar-refractivity contribution in [1.82, 2.24) is 4.90 Å². The topological polar surface area (TPSA) is 49.8 Å². The van der Waals surface area contributed by atoms with Crippen molar-refractivity contribution in [3.63, 3.8) is 0 Å². The third-order valence-corrected chi connectivity index (χ3v) is 2.99. The third-order valence-electron chi connectivity index (χ3n) is 2.99. The first-order valence-electron chi connectivity index (χ1n) is 5.53. The van der Waals surface area contributed by atoms with Crippen LogP contribution in [0.4, 0.5) is 0 Å². The van der Waals surface area contributed by atoms with Crippen LogP contribution in [0.15, 0.2) is 0 Å². The number of likely N-dealkylation sites (N-methyl/N-ethyl adjacent to an activating group) is 1. The van der Waals surface area contributed by atoms with Crippen molar-refractivity contribution in [1.29, 1.82) is 0 Å². The van der Waals surface area contributed by atoms with Gasteiger partial charge in [0.1, 0.15) is 0 Å². The van der Waals surface area contributed by atoms with Gasteiger partial charge in [-0.3, -0.25) is 4.79 Å². The lowest BCUT2D eigenvalue weighted by atomic mass is 10.0. The second-order valence-corrected chi connectivity index (χ2v) is 4.71. The van der Waals surface area contributed by atoms with Gasteiger partial charge >= 0.3 is 5.97 Å². The second-order valence-electron chi connectivity index (χ2n) is 4.71. The largest absolute Gasteiger partial charge is 0.481 e. The summed E-state index contributed by atoms with van der Waals surface area (Å²) in [5.41, 5.74) is 0. The summed E-state index contributed by atoms with van der Waals surface area (Å²) in [6.45, 7) is 6.19. The van der Waals surface area contributed by atoms with Crippen LogP contribution in [-0.4, -0.2) is 48.8 Å². The molecule has 0 spiro atoms. The average Bonchev–Trinajstić information content (AvgIpc) is 2.62. The average molecular weight is 215 g/mol. The fourth-order valence-corrected chi connectivity index (χ4v) is 1.84. The second kappa shape index (κ2) is 5.47. The van der Waals surface area contributed by atoms with Crippen molar-refractivity contribution < 1.29 is 14.6 Å². The minimum Gasteiger partial charge on any atom is -0.481 e. The number of nitrogens with zero attached hydrogens (tertiary/aromatic N) is 1. The van der Waals surface area contributed by atoms with E-state index in [4.69, 9.17) is 9.84 Å². The highest BCUT2D eigenvalue weighted by molar-refractivity contribution is 5.71. The summed E-state index contributed by atoms with van der Waals surface area (Å²) in [6.07, 6.45) is 1.10. The van der Waals surface area contributed by atoms with Crippen molar-refractivity contribution in [3.05, 3.63) is 0 Å². The molecule has 0 aromatic carbocycles. The van der Waals surface area contributed by atoms with Crippen LogP contribution in [0.2, 0.25) is 0 Å². The van der Waals surface area contributed by atoms with Gasteiger partial charge in [0.2, 0.25) is 0 Å². The Kier molecular flexibility index (Phi) is 4.54. The molecule has 1 rings (SSSR count). The number of ether oxygens (including phenoxy) is 1. The maximum absolute atomic E-state index is 10.9. The summed E-state index contributed by atoms with van der Waals surface area (Å²) in [5.74, 6) is -0.450. The van der Waals surface area contributed by atoms with E-state index in [-0.39, 0.29) is 12.0 Å². The fraction of sp³-hybridized carbons (Fsp3) is 0.909. The molecule has 4 heteroatoms. The zero-order valence-electron chi connectivity index (χ0n) is 9.77. The maximum Gasteiger partial charge on any atom is 0.310 e. The molecule has 0 aliphatic carbocycles. The van der Waals surface area contributed by atoms with Crippen LogP contribution >= 0.6 is 0 Å². The van der Waals surface area contributed by atoms with Crippen LogP contribution in [0.25, 0.3) is 0 Å². The third kappa shape index (κ3) is 3.47. The van der Waals surface area contributed by atoms with E-state index in [0.717, 1.165) is 13.0 Å². The molecule has 1 aliphatic rings. The highest BCUT2D eigenvalue weighted by atomic mass is 16.5. The van der Waals surface area contributed by atoms with Crippen LogP contribution in [0, 0.1) is 11.8 Å². The number of carboxylic acid groups (broad SMARTS) is 1. The van der Waals surface area contributed by atoms with Gasteiger partial charge in [-0.2, -0.15) is 0 Å². The molecule has 1 aliphatic heterocycles. The van der Waals surface area contributed by atoms with Crippen molar-refractivity contribution in [2.75, 3.05) is 26.8 Å². The number of carbonyl (C=O) groups is 1. The normalized spacial score (nSPS) is 26.5. The molecule has 15 heavy (non-hydrogen) atoms. The van der Waals surface area contributed by atoms with Crippen molar-refractivity contribution >= 4 is 5.97 Å². The standard InChI is InChI=1S/C11H21NO3/c1-8(2)4-5-12(3)10-7-15-6-9(10)11(13)14/h8-10H,4-7H2,1-3H3,(H,13,14). The molecule has 1 saturated heterocycles. The van der Waals surface area contributed by atoms with E-state index in [1.54, 1.807) is 0 Å². The van der Waals surface area contributed by atoms with Gasteiger partial charge in [-0.05, 0) is 25.9 Å². The summed E-state index contributed by atoms with van der Waals surface area (Å²) < 4.78 is 5.24. The molecule has 0 bridgehead atoms. The van der Waals surface area contributed by atoms with E-state index in [9.17, 15) is 4.79 Å². The van der Waals surface area contributed by atoms with E-state index in [2.05, 4.69) is 18.7 Å². The van der Waals surface area contributed by atoms with Crippen LogP contribution in [-0.2, 0) is 9.53 Å². The molecule has 4 nitrogen and oxygen atoms in total. The first kappa shape index (κ1) is 12.5. The molecule has 2 atom stereocenters. The molecule has 0 amide bonds. The lowest BCUT2D eigenvalue weighted by Crippen LogP contribution is -2.41. The van der Waals surface area contributed by atoms with Gasteiger partial charge in [0, 0.05) is 6.04 Å². The summed E-state index contributed by atoms with van der Waals surface area (Å²) in [5, 5.41) is 9.00. The van der Waals surface area contributed by atoms with Gasteiger partial charge in [0.25, 0.3) is 0 Å². The fourth-order valence-electron chi connectivity index (χ4n) is 1.84. The zero-order chi connectivity index (χ0) is 11.4. The van der Waals surface area contributed by atoms with Gasteiger partial charge in [0.15, 0.2) is 0 Å². The first-order valence-corrected chi connectivity index (χ1v) is 5.53. The van der Waals surface area contributed by atoms with E-state index < -0.39 is 5.97 Å². The van der Waals surface area contributed by atoms with Gasteiger partial charge in [0.05, 0.1) is 19.1 Å². The van der Waals surface area contributed by atoms with Crippen molar-refractivity contribution in [2.24, 2.45) is 11.8 Å². The van der Waals surface area contributed by atoms with Crippen LogP contribution in [0.3, 0.4) is 0 Å². The Balaban J connectivity index is 2.43. The Morgan fingerprint density at radius 2 is 2.20 bits per heavy atom. The number of aliphatic carboxylic acids is 1. The molecule has 0 aromatic heterocycles. The Morgan fingerprint density at radius 3 is 2.73 bits per heavy atom. The van der Waals surface area contributed by atoms with E-state index in [1.165, 1.54) is 0 Å². The quantitative estimate of drug-likeness (QED) is 0.745. The lowest BCUT2D eigenvalue weighted by Gasteiger charge is -2.26. The monoisotopic (exact) mass is 215 g/mol. The van der Waals surface area contributed by atoms with Crippen molar-refractivity contribution in [3.8, 4) is 0 Å². The Labute approximate surface area is 91.2 Å². The number of rotatable bonds is 5. The summed E-state index contributed by atoms with van der Waals surface area (Å²) in [7, 11) is 1.98. The Morgan fingerprint density at radius 1 is 1.53 bits per heavy atom. The number of carboxylic acids is 1. The lowest BCUT2D eigenvalue weighted by molar-refractivity contribution is -0.143. The number of hydrogen-bond acceptors (Lipinski definition) is 3. The molecule has 1 fully saturated rings. The summed E-state index contributed by atoms with van der Waals surface area (Å²) in [4.78, 5) is 13.1. The van der Waals surface area contributed by atoms with Crippen molar-refractivity contribution in [2.45, 2.75) is 26.3 Å². The van der Waals surface area contributed by atoms with Gasteiger partial charge in [-0.1, -0.05) is 13.8 Å². The van der Waals surface area contributed by atoms with Crippen LogP contribution < -0.4 is 0 Å². The Bertz CT molecular complexity index is 218. The molecule has 0 saturated carbocycles. The van der Waals surface area contributed by atoms with Crippen LogP contribution in [0.1, 0.15) is 20.3 Å². The highest BCUT2D eigenvalue weighted by Crippen LogP contribution is 2.19. The molecule has 88 valence electrons. The van der Waals surface area contributed by atoms with Gasteiger partial charge in [-0.15, -0.1) is 0 Å². The molecule has 0 radical (unpaired) electrons. The van der Waals surface area contributed by atoms with Crippen LogP contribution in [0.5, 0.6) is 0 Å². The SMILES string of the molecule is CC(C)CCN(C)C1COCC1C(=O)O. The smallest absolute Gasteiger partial charge is 0.310 e. The highest BCUT2D eigenvalue weighted by Gasteiger charge is 2.36. The number of hydrogen-bond donors (Lipinski definition) is 1. The van der Waals surface area contributed by atoms with Gasteiger partial charge in [-0.25, -0.2) is 0 Å². The molecular formula is C11H21NO3. The molecule has 1 heterocycles. The zero-order valence-corrected chi connectivity index (χ0v) is 9.77. The van der Waals surface area contributed by atoms with E-state index >= 15 is 0 Å². The molecule has 2 unspecified atom stereocenters.